The molecule has 10 heteroatoms. The van der Waals surface area contributed by atoms with Crippen LogP contribution in [0, 0.1) is 11.9 Å². The number of aromatic nitrogens is 1. The SMILES string of the molecule is CC(OC(=O)Nc1c(F)noc1-c1ccc(COC(CC2CC2)C(=O)O)cc1)c1ccccc1Cl. The summed E-state index contributed by atoms with van der Waals surface area (Å²) < 4.78 is 30.3. The number of amides is 1. The van der Waals surface area contributed by atoms with Gasteiger partial charge in [-0.15, -0.1) is 0 Å². The van der Waals surface area contributed by atoms with Crippen LogP contribution < -0.4 is 5.32 Å². The Bertz CT molecular complexity index is 1190. The molecule has 1 aliphatic rings. The van der Waals surface area contributed by atoms with E-state index in [9.17, 15) is 19.1 Å². The smallest absolute Gasteiger partial charge is 0.412 e. The monoisotopic (exact) mass is 502 g/mol. The molecule has 184 valence electrons. The average Bonchev–Trinajstić information content (AvgIpc) is 3.59. The fourth-order valence-corrected chi connectivity index (χ4v) is 3.87. The summed E-state index contributed by atoms with van der Waals surface area (Å²) in [4.78, 5) is 23.8. The summed E-state index contributed by atoms with van der Waals surface area (Å²) in [7, 11) is 0. The molecule has 0 aliphatic heterocycles. The Morgan fingerprint density at radius 2 is 1.94 bits per heavy atom. The van der Waals surface area contributed by atoms with Gasteiger partial charge >= 0.3 is 12.1 Å². The van der Waals surface area contributed by atoms with Crippen molar-refractivity contribution in [2.45, 2.75) is 45.0 Å². The lowest BCUT2D eigenvalue weighted by molar-refractivity contribution is -0.152. The Balaban J connectivity index is 1.39. The minimum absolute atomic E-state index is 0.00876. The van der Waals surface area contributed by atoms with E-state index in [1.54, 1.807) is 55.5 Å². The van der Waals surface area contributed by atoms with Crippen LogP contribution in [0.2, 0.25) is 5.02 Å². The van der Waals surface area contributed by atoms with Crippen LogP contribution in [0.3, 0.4) is 0 Å². The lowest BCUT2D eigenvalue weighted by Crippen LogP contribution is -2.24. The molecule has 2 unspecified atom stereocenters. The molecule has 35 heavy (non-hydrogen) atoms. The Morgan fingerprint density at radius 3 is 2.60 bits per heavy atom. The van der Waals surface area contributed by atoms with Gasteiger partial charge in [0.2, 0.25) is 0 Å². The first-order chi connectivity index (χ1) is 16.8. The van der Waals surface area contributed by atoms with Crippen LogP contribution >= 0.6 is 11.6 Å². The minimum Gasteiger partial charge on any atom is -0.479 e. The molecule has 2 aromatic carbocycles. The number of hydrogen-bond donors (Lipinski definition) is 2. The highest BCUT2D eigenvalue weighted by atomic mass is 35.5. The summed E-state index contributed by atoms with van der Waals surface area (Å²) in [5.41, 5.74) is 1.53. The molecule has 2 N–H and O–H groups in total. The molecule has 0 saturated heterocycles. The van der Waals surface area contributed by atoms with E-state index in [1.807, 2.05) is 0 Å². The maximum absolute atomic E-state index is 14.3. The highest BCUT2D eigenvalue weighted by molar-refractivity contribution is 6.31. The molecule has 3 aromatic rings. The Labute approximate surface area is 206 Å². The number of rotatable bonds is 10. The van der Waals surface area contributed by atoms with Crippen molar-refractivity contribution in [1.82, 2.24) is 5.16 Å². The lowest BCUT2D eigenvalue weighted by atomic mass is 10.1. The van der Waals surface area contributed by atoms with Gasteiger partial charge in [0, 0.05) is 16.1 Å². The fraction of sp³-hybridized carbons (Fsp3) is 0.320. The van der Waals surface area contributed by atoms with Gasteiger partial charge < -0.3 is 19.1 Å². The third-order valence-corrected chi connectivity index (χ3v) is 6.04. The van der Waals surface area contributed by atoms with Crippen molar-refractivity contribution in [2.24, 2.45) is 5.92 Å². The molecule has 1 aliphatic carbocycles. The van der Waals surface area contributed by atoms with E-state index < -0.39 is 30.2 Å². The minimum atomic E-state index is -1.00. The number of carboxylic acids is 1. The number of ether oxygens (including phenoxy) is 2. The van der Waals surface area contributed by atoms with Gasteiger partial charge in [0.05, 0.1) is 6.61 Å². The molecule has 1 heterocycles. The summed E-state index contributed by atoms with van der Waals surface area (Å²) >= 11 is 6.13. The van der Waals surface area contributed by atoms with E-state index in [0.29, 0.717) is 28.5 Å². The van der Waals surface area contributed by atoms with E-state index in [0.717, 1.165) is 18.4 Å². The Hall–Kier alpha value is -3.43. The average molecular weight is 503 g/mol. The number of nitrogens with zero attached hydrogens (tertiary/aromatic N) is 1. The first kappa shape index (κ1) is 24.7. The first-order valence-corrected chi connectivity index (χ1v) is 11.5. The molecular weight excluding hydrogens is 479 g/mol. The van der Waals surface area contributed by atoms with Gasteiger partial charge in [-0.3, -0.25) is 5.32 Å². The molecule has 1 fully saturated rings. The molecule has 0 bridgehead atoms. The highest BCUT2D eigenvalue weighted by Crippen LogP contribution is 2.35. The topological polar surface area (TPSA) is 111 Å². The quantitative estimate of drug-likeness (QED) is 0.339. The molecule has 0 radical (unpaired) electrons. The standard InChI is InChI=1S/C25H24ClFN2O6/c1-14(18-4-2-3-5-19(18)26)34-25(32)28-21-22(35-29-23(21)27)17-10-8-16(9-11-17)13-33-20(24(30)31)12-15-6-7-15/h2-5,8-11,14-15,20H,6-7,12-13H2,1H3,(H,28,32)(H,30,31). The third-order valence-electron chi connectivity index (χ3n) is 5.69. The number of carboxylic acid groups (broad SMARTS) is 1. The maximum atomic E-state index is 14.3. The highest BCUT2D eigenvalue weighted by Gasteiger charge is 2.30. The second kappa shape index (κ2) is 10.9. The Kier molecular flexibility index (Phi) is 7.67. The number of benzene rings is 2. The Morgan fingerprint density at radius 1 is 1.23 bits per heavy atom. The van der Waals surface area contributed by atoms with E-state index in [4.69, 9.17) is 25.6 Å². The van der Waals surface area contributed by atoms with E-state index in [2.05, 4.69) is 10.5 Å². The van der Waals surface area contributed by atoms with Gasteiger partial charge in [0.25, 0.3) is 5.95 Å². The zero-order chi connectivity index (χ0) is 24.9. The van der Waals surface area contributed by atoms with Gasteiger partial charge in [0.1, 0.15) is 11.8 Å². The van der Waals surface area contributed by atoms with E-state index in [1.165, 1.54) is 0 Å². The number of halogens is 2. The molecule has 8 nitrogen and oxygen atoms in total. The number of anilines is 1. The molecule has 1 saturated carbocycles. The maximum Gasteiger partial charge on any atom is 0.412 e. The third kappa shape index (κ3) is 6.37. The van der Waals surface area contributed by atoms with Gasteiger partial charge in [-0.2, -0.15) is 4.39 Å². The summed E-state index contributed by atoms with van der Waals surface area (Å²) in [6.45, 7) is 1.76. The van der Waals surface area contributed by atoms with Crippen LogP contribution in [0.4, 0.5) is 14.9 Å². The number of aliphatic carboxylic acids is 1. The predicted molar refractivity (Wildman–Crippen MR) is 125 cm³/mol. The van der Waals surface area contributed by atoms with Gasteiger partial charge in [-0.1, -0.05) is 66.9 Å². The van der Waals surface area contributed by atoms with Gasteiger partial charge in [-0.25, -0.2) is 9.59 Å². The van der Waals surface area contributed by atoms with Crippen LogP contribution in [0.5, 0.6) is 0 Å². The van der Waals surface area contributed by atoms with Crippen molar-refractivity contribution in [1.29, 1.82) is 0 Å². The molecule has 1 aromatic heterocycles. The molecular formula is C25H24ClFN2O6. The van der Waals surface area contributed by atoms with Crippen LogP contribution in [-0.2, 0) is 20.9 Å². The van der Waals surface area contributed by atoms with Crippen LogP contribution in [0.25, 0.3) is 11.3 Å². The molecule has 2 atom stereocenters. The fourth-order valence-electron chi connectivity index (χ4n) is 3.58. The number of nitrogens with one attached hydrogen (secondary N) is 1. The van der Waals surface area contributed by atoms with Crippen LogP contribution in [0.1, 0.15) is 43.4 Å². The second-order valence-electron chi connectivity index (χ2n) is 8.39. The number of carbonyl (C=O) groups is 2. The largest absolute Gasteiger partial charge is 0.479 e. The normalized spacial score (nSPS) is 14.8. The lowest BCUT2D eigenvalue weighted by Gasteiger charge is -2.15. The predicted octanol–water partition coefficient (Wildman–Crippen LogP) is 6.21. The van der Waals surface area contributed by atoms with Crippen molar-refractivity contribution in [2.75, 3.05) is 5.32 Å². The summed E-state index contributed by atoms with van der Waals surface area (Å²) in [6, 6.07) is 13.6. The van der Waals surface area contributed by atoms with Crippen molar-refractivity contribution in [3.63, 3.8) is 0 Å². The van der Waals surface area contributed by atoms with Crippen molar-refractivity contribution < 1.29 is 33.1 Å². The second-order valence-corrected chi connectivity index (χ2v) is 8.79. The van der Waals surface area contributed by atoms with Crippen molar-refractivity contribution >= 4 is 29.4 Å². The summed E-state index contributed by atoms with van der Waals surface area (Å²) in [5, 5.41) is 15.4. The van der Waals surface area contributed by atoms with Crippen LogP contribution in [-0.4, -0.2) is 28.4 Å². The van der Waals surface area contributed by atoms with Crippen molar-refractivity contribution in [3.8, 4) is 11.3 Å². The van der Waals surface area contributed by atoms with Gasteiger partial charge in [0.15, 0.2) is 11.9 Å². The molecule has 1 amide bonds. The first-order valence-electron chi connectivity index (χ1n) is 11.1. The number of hydrogen-bond acceptors (Lipinski definition) is 6. The van der Waals surface area contributed by atoms with E-state index in [-0.39, 0.29) is 18.1 Å². The summed E-state index contributed by atoms with van der Waals surface area (Å²) in [5.74, 6) is -1.55. The number of carbonyl (C=O) groups excluding carboxylic acids is 1. The van der Waals surface area contributed by atoms with Crippen molar-refractivity contribution in [3.05, 3.63) is 70.6 Å². The molecule has 0 spiro atoms. The molecule has 4 rings (SSSR count). The van der Waals surface area contributed by atoms with Crippen LogP contribution in [0.15, 0.2) is 53.1 Å². The zero-order valence-electron chi connectivity index (χ0n) is 18.9. The van der Waals surface area contributed by atoms with E-state index >= 15 is 0 Å². The summed E-state index contributed by atoms with van der Waals surface area (Å²) in [6.07, 6.45) is 0.160. The van der Waals surface area contributed by atoms with Gasteiger partial charge in [-0.05, 0) is 36.0 Å². The zero-order valence-corrected chi connectivity index (χ0v) is 19.6.